The van der Waals surface area contributed by atoms with Crippen molar-refractivity contribution in [3.05, 3.63) is 231 Å². The molecule has 0 fully saturated rings. The predicted molar refractivity (Wildman–Crippen MR) is 247 cm³/mol. The molecule has 0 bridgehead atoms. The minimum Gasteiger partial charge on any atom is -0.453 e. The summed E-state index contributed by atoms with van der Waals surface area (Å²) in [6.07, 6.45) is 0. The van der Waals surface area contributed by atoms with Gasteiger partial charge in [-0.15, -0.1) is 0 Å². The summed E-state index contributed by atoms with van der Waals surface area (Å²) in [5.41, 5.74) is 17.8. The van der Waals surface area contributed by atoms with Crippen LogP contribution in [0.4, 0.5) is 17.1 Å². The van der Waals surface area contributed by atoms with E-state index >= 15 is 0 Å². The molecule has 11 aromatic rings. The fourth-order valence-electron chi connectivity index (χ4n) is 8.53. The Morgan fingerprint density at radius 3 is 1.22 bits per heavy atom. The summed E-state index contributed by atoms with van der Waals surface area (Å²) in [7, 11) is 0. The van der Waals surface area contributed by atoms with Gasteiger partial charge in [0.15, 0.2) is 5.58 Å². The maximum Gasteiger partial charge on any atom is 0.161 e. The normalized spacial score (nSPS) is 11.4. The van der Waals surface area contributed by atoms with E-state index in [1.165, 1.54) is 22.3 Å². The second-order valence-corrected chi connectivity index (χ2v) is 14.9. The number of rotatable bonds is 8. The number of fused-ring (bicyclic) bond motifs is 5. The minimum atomic E-state index is 0.910. The van der Waals surface area contributed by atoms with Gasteiger partial charge in [-0.2, -0.15) is 0 Å². The Kier molecular flexibility index (Phi) is 8.49. The lowest BCUT2D eigenvalue weighted by Crippen LogP contribution is -2.09. The fraction of sp³-hybridized carbons (Fsp3) is 0. The van der Waals surface area contributed by atoms with Crippen molar-refractivity contribution in [3.63, 3.8) is 0 Å². The SMILES string of the molecule is c1ccc(-c2ccc(N(c3ccc(-c4ccccc4)cc3)c3ccc(-c4ccc(-n5c6ccccc6c6oc7c(-c8ccccc8)cccc7c65)cc4)cc3)cc2)cc1. The number of furan rings is 1. The van der Waals surface area contributed by atoms with Crippen LogP contribution in [-0.2, 0) is 0 Å². The highest BCUT2D eigenvalue weighted by atomic mass is 16.3. The first kappa shape index (κ1) is 34.4. The Bertz CT molecular complexity index is 3120. The maximum atomic E-state index is 6.77. The summed E-state index contributed by atoms with van der Waals surface area (Å²) < 4.78 is 9.12. The molecule has 59 heavy (non-hydrogen) atoms. The molecule has 0 unspecified atom stereocenters. The molecule has 3 heteroatoms. The highest BCUT2D eigenvalue weighted by Crippen LogP contribution is 2.43. The lowest BCUT2D eigenvalue weighted by atomic mass is 10.0. The minimum absolute atomic E-state index is 0.910. The van der Waals surface area contributed by atoms with Crippen LogP contribution in [0.15, 0.2) is 235 Å². The third-order valence-corrected chi connectivity index (χ3v) is 11.4. The Morgan fingerprint density at radius 2 is 0.712 bits per heavy atom. The van der Waals surface area contributed by atoms with Crippen LogP contribution in [0.2, 0.25) is 0 Å². The highest BCUT2D eigenvalue weighted by Gasteiger charge is 2.21. The summed E-state index contributed by atoms with van der Waals surface area (Å²) in [6, 6.07) is 82.1. The molecule has 0 radical (unpaired) electrons. The first-order chi connectivity index (χ1) is 29.3. The Hall–Kier alpha value is -7.88. The maximum absolute atomic E-state index is 6.77. The molecule has 0 atom stereocenters. The Balaban J connectivity index is 0.949. The lowest BCUT2D eigenvalue weighted by Gasteiger charge is -2.26. The zero-order valence-electron chi connectivity index (χ0n) is 32.2. The first-order valence-corrected chi connectivity index (χ1v) is 20.1. The van der Waals surface area contributed by atoms with Crippen LogP contribution in [0.3, 0.4) is 0 Å². The van der Waals surface area contributed by atoms with E-state index in [-0.39, 0.29) is 0 Å². The van der Waals surface area contributed by atoms with Gasteiger partial charge in [0.1, 0.15) is 11.1 Å². The van der Waals surface area contributed by atoms with Gasteiger partial charge in [-0.25, -0.2) is 0 Å². The molecule has 0 saturated carbocycles. The van der Waals surface area contributed by atoms with Crippen LogP contribution >= 0.6 is 0 Å². The number of hydrogen-bond acceptors (Lipinski definition) is 2. The molecule has 0 aliphatic carbocycles. The van der Waals surface area contributed by atoms with Crippen LogP contribution in [0, 0.1) is 0 Å². The largest absolute Gasteiger partial charge is 0.453 e. The zero-order valence-corrected chi connectivity index (χ0v) is 32.2. The molecule has 9 aromatic carbocycles. The average Bonchev–Trinajstić information content (AvgIpc) is 3.86. The molecule has 0 amide bonds. The number of hydrogen-bond donors (Lipinski definition) is 0. The molecule has 278 valence electrons. The third-order valence-electron chi connectivity index (χ3n) is 11.4. The summed E-state index contributed by atoms with van der Waals surface area (Å²) in [4.78, 5) is 2.33. The molecule has 0 saturated heterocycles. The fourth-order valence-corrected chi connectivity index (χ4v) is 8.53. The van der Waals surface area contributed by atoms with E-state index in [2.05, 4.69) is 240 Å². The van der Waals surface area contributed by atoms with E-state index in [0.717, 1.165) is 78.0 Å². The molecule has 0 N–H and O–H groups in total. The van der Waals surface area contributed by atoms with Crippen LogP contribution in [-0.4, -0.2) is 4.57 Å². The summed E-state index contributed by atoms with van der Waals surface area (Å²) in [5, 5.41) is 2.21. The van der Waals surface area contributed by atoms with E-state index in [9.17, 15) is 0 Å². The molecule has 11 rings (SSSR count). The van der Waals surface area contributed by atoms with Crippen molar-refractivity contribution in [2.75, 3.05) is 4.90 Å². The van der Waals surface area contributed by atoms with Crippen LogP contribution in [0.5, 0.6) is 0 Å². The number of para-hydroxylation sites is 2. The van der Waals surface area contributed by atoms with Crippen LogP contribution in [0.1, 0.15) is 0 Å². The van der Waals surface area contributed by atoms with E-state index in [1.807, 2.05) is 0 Å². The topological polar surface area (TPSA) is 21.3 Å². The van der Waals surface area contributed by atoms with E-state index in [0.29, 0.717) is 0 Å². The number of aromatic nitrogens is 1. The highest BCUT2D eigenvalue weighted by molar-refractivity contribution is 6.18. The van der Waals surface area contributed by atoms with Crippen LogP contribution in [0.25, 0.3) is 83.2 Å². The van der Waals surface area contributed by atoms with Crippen molar-refractivity contribution in [2.24, 2.45) is 0 Å². The van der Waals surface area contributed by atoms with Gasteiger partial charge in [0, 0.05) is 39.1 Å². The average molecular weight is 755 g/mol. The van der Waals surface area contributed by atoms with Gasteiger partial charge in [0.2, 0.25) is 0 Å². The van der Waals surface area contributed by atoms with Gasteiger partial charge >= 0.3 is 0 Å². The summed E-state index contributed by atoms with van der Waals surface area (Å²) in [5.74, 6) is 0. The first-order valence-electron chi connectivity index (χ1n) is 20.1. The van der Waals surface area contributed by atoms with Crippen molar-refractivity contribution >= 4 is 50.0 Å². The second-order valence-electron chi connectivity index (χ2n) is 14.9. The number of benzene rings is 9. The van der Waals surface area contributed by atoms with Crippen molar-refractivity contribution < 1.29 is 4.42 Å². The summed E-state index contributed by atoms with van der Waals surface area (Å²) >= 11 is 0. The second kappa shape index (κ2) is 14.6. The van der Waals surface area contributed by atoms with Crippen molar-refractivity contribution in [2.45, 2.75) is 0 Å². The standard InChI is InChI=1S/C56H38N2O/c1-4-13-39(14-5-1)41-23-31-46(32-24-41)57(47-33-25-42(26-34-47)40-15-6-2-7-16-40)48-35-27-43(28-36-48)44-29-37-49(38-30-44)58-53-22-11-10-19-51(53)56-54(58)52-21-12-20-50(55(52)59-56)45-17-8-3-9-18-45/h1-38H. The number of anilines is 3. The van der Waals surface area contributed by atoms with Crippen molar-refractivity contribution in [1.29, 1.82) is 0 Å². The molecular formula is C56H38N2O. The molecule has 3 nitrogen and oxygen atoms in total. The quantitative estimate of drug-likeness (QED) is 0.154. The van der Waals surface area contributed by atoms with Gasteiger partial charge in [-0.1, -0.05) is 164 Å². The van der Waals surface area contributed by atoms with Crippen molar-refractivity contribution in [1.82, 2.24) is 4.57 Å². The van der Waals surface area contributed by atoms with Gasteiger partial charge in [-0.05, 0) is 106 Å². The van der Waals surface area contributed by atoms with E-state index in [4.69, 9.17) is 4.42 Å². The Labute approximate surface area is 343 Å². The molecule has 2 aromatic heterocycles. The third kappa shape index (κ3) is 6.17. The molecule has 0 spiro atoms. The molecule has 0 aliphatic heterocycles. The van der Waals surface area contributed by atoms with E-state index < -0.39 is 0 Å². The summed E-state index contributed by atoms with van der Waals surface area (Å²) in [6.45, 7) is 0. The predicted octanol–water partition coefficient (Wildman–Crippen LogP) is 15.7. The van der Waals surface area contributed by atoms with Gasteiger partial charge in [-0.3, -0.25) is 0 Å². The lowest BCUT2D eigenvalue weighted by molar-refractivity contribution is 0.674. The Morgan fingerprint density at radius 1 is 0.305 bits per heavy atom. The monoisotopic (exact) mass is 754 g/mol. The van der Waals surface area contributed by atoms with Gasteiger partial charge in [0.05, 0.1) is 5.52 Å². The van der Waals surface area contributed by atoms with Crippen LogP contribution < -0.4 is 4.90 Å². The zero-order chi connectivity index (χ0) is 39.1. The van der Waals surface area contributed by atoms with Gasteiger partial charge < -0.3 is 13.9 Å². The van der Waals surface area contributed by atoms with Crippen molar-refractivity contribution in [3.8, 4) is 50.2 Å². The molecular weight excluding hydrogens is 717 g/mol. The molecule has 2 heterocycles. The van der Waals surface area contributed by atoms with Gasteiger partial charge in [0.25, 0.3) is 0 Å². The molecule has 0 aliphatic rings. The smallest absolute Gasteiger partial charge is 0.161 e. The number of nitrogens with zero attached hydrogens (tertiary/aromatic N) is 2. The van der Waals surface area contributed by atoms with E-state index in [1.54, 1.807) is 0 Å².